The molecule has 1 amide bonds. The number of hydrogen-bond donors (Lipinski definition) is 0. The molecule has 5 heteroatoms. The molecule has 48 valence electrons. The van der Waals surface area contributed by atoms with Gasteiger partial charge in [0, 0.05) is 0 Å². The lowest BCUT2D eigenvalue weighted by Crippen LogP contribution is -2.00. The molecule has 2 aliphatic heterocycles. The Kier molecular flexibility index (Phi) is 0.858. The van der Waals surface area contributed by atoms with Crippen LogP contribution in [0.2, 0.25) is 0 Å². The van der Waals surface area contributed by atoms with Gasteiger partial charge >= 0.3 is 0 Å². The van der Waals surface area contributed by atoms with Gasteiger partial charge in [-0.2, -0.15) is 10.2 Å². The van der Waals surface area contributed by atoms with Gasteiger partial charge in [-0.25, -0.2) is 0 Å². The number of azo groups is 2. The van der Waals surface area contributed by atoms with Crippen molar-refractivity contribution in [1.82, 2.24) is 0 Å². The van der Waals surface area contributed by atoms with Gasteiger partial charge in [0.05, 0.1) is 18.0 Å². The van der Waals surface area contributed by atoms with E-state index >= 15 is 0 Å². The van der Waals surface area contributed by atoms with Gasteiger partial charge in [-0.3, -0.25) is 4.79 Å². The molecular formula is C5H2N4O. The predicted octanol–water partition coefficient (Wildman–Crippen LogP) is 1.17. The van der Waals surface area contributed by atoms with Crippen molar-refractivity contribution < 1.29 is 4.79 Å². The number of hydrogen-bond acceptors (Lipinski definition) is 4. The van der Waals surface area contributed by atoms with E-state index in [4.69, 9.17) is 0 Å². The van der Waals surface area contributed by atoms with Crippen LogP contribution >= 0.6 is 0 Å². The van der Waals surface area contributed by atoms with E-state index in [-0.39, 0.29) is 5.91 Å². The number of carbonyl (C=O) groups excluding carboxylic acids is 1. The van der Waals surface area contributed by atoms with Gasteiger partial charge in [0.1, 0.15) is 5.70 Å². The highest BCUT2D eigenvalue weighted by Gasteiger charge is 2.20. The summed E-state index contributed by atoms with van der Waals surface area (Å²) in [4.78, 5) is 10.8. The summed E-state index contributed by atoms with van der Waals surface area (Å²) in [6, 6.07) is 0. The van der Waals surface area contributed by atoms with E-state index in [9.17, 15) is 4.79 Å². The molecule has 0 radical (unpaired) electrons. The molecular weight excluding hydrogens is 132 g/mol. The molecule has 0 saturated carbocycles. The van der Waals surface area contributed by atoms with E-state index in [1.54, 1.807) is 0 Å². The molecule has 0 aromatic carbocycles. The standard InChI is InChI=1S/C5H2N4O/c10-5-3-1-6-8-4(3)2-7-9-5/h1-2H. The maximum atomic E-state index is 10.8. The maximum Gasteiger partial charge on any atom is 0.299 e. The fraction of sp³-hybridized carbons (Fsp3) is 0. The Morgan fingerprint density at radius 3 is 2.70 bits per heavy atom. The number of nitrogens with zero attached hydrogens (tertiary/aromatic N) is 4. The first kappa shape index (κ1) is 5.16. The van der Waals surface area contributed by atoms with Crippen LogP contribution in [0.15, 0.2) is 44.1 Å². The summed E-state index contributed by atoms with van der Waals surface area (Å²) in [5.74, 6) is -0.373. The van der Waals surface area contributed by atoms with Crippen LogP contribution in [0.5, 0.6) is 0 Å². The molecule has 2 rings (SSSR count). The summed E-state index contributed by atoms with van der Waals surface area (Å²) < 4.78 is 0. The van der Waals surface area contributed by atoms with E-state index in [1.807, 2.05) is 0 Å². The highest BCUT2D eigenvalue weighted by atomic mass is 16.1. The maximum absolute atomic E-state index is 10.8. The first-order valence-corrected chi connectivity index (χ1v) is 2.65. The van der Waals surface area contributed by atoms with Gasteiger partial charge in [-0.15, -0.1) is 10.2 Å². The molecule has 0 bridgehead atoms. The van der Waals surface area contributed by atoms with E-state index in [0.29, 0.717) is 11.3 Å². The van der Waals surface area contributed by atoms with Gasteiger partial charge in [0.15, 0.2) is 0 Å². The quantitative estimate of drug-likeness (QED) is 0.490. The molecule has 10 heavy (non-hydrogen) atoms. The topological polar surface area (TPSA) is 66.5 Å². The molecule has 2 aliphatic rings. The third kappa shape index (κ3) is 0.540. The first-order valence-electron chi connectivity index (χ1n) is 2.65. The second-order valence-corrected chi connectivity index (χ2v) is 1.79. The van der Waals surface area contributed by atoms with Crippen LogP contribution in [-0.4, -0.2) is 5.91 Å². The van der Waals surface area contributed by atoms with Gasteiger partial charge in [-0.1, -0.05) is 0 Å². The molecule has 0 aliphatic carbocycles. The zero-order valence-electron chi connectivity index (χ0n) is 4.85. The second-order valence-electron chi connectivity index (χ2n) is 1.79. The zero-order chi connectivity index (χ0) is 6.97. The molecule has 5 nitrogen and oxygen atoms in total. The van der Waals surface area contributed by atoms with Crippen molar-refractivity contribution in [2.75, 3.05) is 0 Å². The van der Waals surface area contributed by atoms with Gasteiger partial charge < -0.3 is 0 Å². The average Bonchev–Trinajstić information content (AvgIpc) is 2.36. The number of amides is 1. The highest BCUT2D eigenvalue weighted by Crippen LogP contribution is 2.22. The summed E-state index contributed by atoms with van der Waals surface area (Å²) in [6.45, 7) is 0. The van der Waals surface area contributed by atoms with E-state index in [2.05, 4.69) is 20.5 Å². The first-order chi connectivity index (χ1) is 4.88. The molecule has 0 N–H and O–H groups in total. The molecule has 0 aromatic heterocycles. The van der Waals surface area contributed by atoms with Crippen molar-refractivity contribution in [2.24, 2.45) is 20.5 Å². The zero-order valence-corrected chi connectivity index (χ0v) is 4.85. The van der Waals surface area contributed by atoms with E-state index in [1.165, 1.54) is 12.4 Å². The van der Waals surface area contributed by atoms with Crippen molar-refractivity contribution in [3.8, 4) is 0 Å². The number of fused-ring (bicyclic) bond motifs is 1. The van der Waals surface area contributed by atoms with Crippen molar-refractivity contribution in [2.45, 2.75) is 0 Å². The normalized spacial score (nSPS) is 20.6. The van der Waals surface area contributed by atoms with Crippen molar-refractivity contribution in [3.05, 3.63) is 23.7 Å². The summed E-state index contributed by atoms with van der Waals surface area (Å²) in [5, 5.41) is 13.9. The number of rotatable bonds is 0. The molecule has 0 spiro atoms. The van der Waals surface area contributed by atoms with E-state index < -0.39 is 0 Å². The van der Waals surface area contributed by atoms with Gasteiger partial charge in [-0.05, 0) is 0 Å². The Morgan fingerprint density at radius 1 is 1.10 bits per heavy atom. The molecule has 0 aromatic rings. The van der Waals surface area contributed by atoms with Crippen LogP contribution in [0.25, 0.3) is 0 Å². The average molecular weight is 134 g/mol. The largest absolute Gasteiger partial charge is 0.299 e. The van der Waals surface area contributed by atoms with Crippen LogP contribution in [0, 0.1) is 0 Å². The Bertz CT molecular complexity index is 304. The summed E-state index contributed by atoms with van der Waals surface area (Å²) in [5.41, 5.74) is 0.926. The van der Waals surface area contributed by atoms with Crippen LogP contribution in [0.1, 0.15) is 0 Å². The molecule has 0 unspecified atom stereocenters. The summed E-state index contributed by atoms with van der Waals surface area (Å²) in [6.07, 6.45) is 2.79. The van der Waals surface area contributed by atoms with Crippen LogP contribution < -0.4 is 0 Å². The SMILES string of the molecule is O=C1N=NC=C2N=NC=C12. The monoisotopic (exact) mass is 134 g/mol. The lowest BCUT2D eigenvalue weighted by Gasteiger charge is -1.96. The number of carbonyl (C=O) groups is 1. The third-order valence-corrected chi connectivity index (χ3v) is 1.19. The summed E-state index contributed by atoms with van der Waals surface area (Å²) >= 11 is 0. The van der Waals surface area contributed by atoms with Gasteiger partial charge in [0.25, 0.3) is 5.91 Å². The smallest absolute Gasteiger partial charge is 0.265 e. The summed E-state index contributed by atoms with van der Waals surface area (Å²) in [7, 11) is 0. The minimum Gasteiger partial charge on any atom is -0.265 e. The second kappa shape index (κ2) is 1.66. The van der Waals surface area contributed by atoms with Crippen LogP contribution in [-0.2, 0) is 4.79 Å². The Balaban J connectivity index is 2.54. The molecule has 0 saturated heterocycles. The van der Waals surface area contributed by atoms with Crippen molar-refractivity contribution in [3.63, 3.8) is 0 Å². The third-order valence-electron chi connectivity index (χ3n) is 1.19. The van der Waals surface area contributed by atoms with Crippen molar-refractivity contribution >= 4 is 5.91 Å². The Labute approximate surface area is 55.9 Å². The highest BCUT2D eigenvalue weighted by molar-refractivity contribution is 5.99. The molecule has 0 fully saturated rings. The fourth-order valence-electron chi connectivity index (χ4n) is 0.719. The Morgan fingerprint density at radius 2 is 1.90 bits per heavy atom. The molecule has 0 atom stereocenters. The molecule has 2 heterocycles. The fourth-order valence-corrected chi connectivity index (χ4v) is 0.719. The minimum atomic E-state index is -0.373. The lowest BCUT2D eigenvalue weighted by molar-refractivity contribution is -0.114. The van der Waals surface area contributed by atoms with Crippen molar-refractivity contribution in [1.29, 1.82) is 0 Å². The minimum absolute atomic E-state index is 0.373. The van der Waals surface area contributed by atoms with Crippen LogP contribution in [0.3, 0.4) is 0 Å². The van der Waals surface area contributed by atoms with Gasteiger partial charge in [0.2, 0.25) is 0 Å². The predicted molar refractivity (Wildman–Crippen MR) is 30.9 cm³/mol. The lowest BCUT2D eigenvalue weighted by atomic mass is 10.2. The van der Waals surface area contributed by atoms with Crippen LogP contribution in [0.4, 0.5) is 0 Å². The van der Waals surface area contributed by atoms with E-state index in [0.717, 1.165) is 0 Å². The Hall–Kier alpha value is -1.65.